The van der Waals surface area contributed by atoms with Gasteiger partial charge < -0.3 is 5.32 Å². The zero-order valence-electron chi connectivity index (χ0n) is 8.96. The van der Waals surface area contributed by atoms with Crippen molar-refractivity contribution in [3.8, 4) is 0 Å². The van der Waals surface area contributed by atoms with Gasteiger partial charge in [0.05, 0.1) is 0 Å². The quantitative estimate of drug-likeness (QED) is 0.804. The molecule has 0 saturated heterocycles. The molecule has 1 aromatic heterocycles. The first-order chi connectivity index (χ1) is 7.31. The molecule has 0 amide bonds. The van der Waals surface area contributed by atoms with E-state index in [9.17, 15) is 0 Å². The van der Waals surface area contributed by atoms with Crippen LogP contribution in [-0.4, -0.2) is 16.0 Å². The van der Waals surface area contributed by atoms with E-state index in [1.165, 1.54) is 32.0 Å². The molecule has 0 aliphatic heterocycles. The summed E-state index contributed by atoms with van der Waals surface area (Å²) in [4.78, 5) is 8.27. The molecule has 1 aliphatic rings. The lowest BCUT2D eigenvalue weighted by Crippen LogP contribution is -2.17. The van der Waals surface area contributed by atoms with Gasteiger partial charge in [-0.25, -0.2) is 9.97 Å². The fourth-order valence-corrected chi connectivity index (χ4v) is 2.36. The van der Waals surface area contributed by atoms with Crippen LogP contribution in [0.3, 0.4) is 0 Å². The van der Waals surface area contributed by atoms with Gasteiger partial charge in [-0.05, 0) is 19.3 Å². The summed E-state index contributed by atoms with van der Waals surface area (Å²) in [6.45, 7) is 2.07. The van der Waals surface area contributed by atoms with Crippen LogP contribution in [0.15, 0.2) is 6.33 Å². The first-order valence-electron chi connectivity index (χ1n) is 5.57. The van der Waals surface area contributed by atoms with Crippen molar-refractivity contribution in [1.82, 2.24) is 9.97 Å². The van der Waals surface area contributed by atoms with Crippen molar-refractivity contribution in [2.24, 2.45) is 0 Å². The highest BCUT2D eigenvalue weighted by Gasteiger charge is 2.17. The Kier molecular flexibility index (Phi) is 3.41. The summed E-state index contributed by atoms with van der Waals surface area (Å²) in [7, 11) is 0. The number of anilines is 1. The van der Waals surface area contributed by atoms with Gasteiger partial charge in [0.25, 0.3) is 0 Å². The lowest BCUT2D eigenvalue weighted by atomic mass is 10.2. The van der Waals surface area contributed by atoms with E-state index >= 15 is 0 Å². The highest BCUT2D eigenvalue weighted by Crippen LogP contribution is 2.25. The minimum Gasteiger partial charge on any atom is -0.367 e. The molecule has 0 atom stereocenters. The summed E-state index contributed by atoms with van der Waals surface area (Å²) in [5, 5.41) is 4.04. The molecule has 0 radical (unpaired) electrons. The van der Waals surface area contributed by atoms with E-state index in [0.29, 0.717) is 11.2 Å². The topological polar surface area (TPSA) is 37.8 Å². The molecule has 0 spiro atoms. The predicted octanol–water partition coefficient (Wildman–Crippen LogP) is 3.05. The molecular weight excluding hydrogens is 210 g/mol. The SMILES string of the molecule is CCc1c(Cl)ncnc1NC1CCCC1. The van der Waals surface area contributed by atoms with Gasteiger partial charge in [-0.1, -0.05) is 31.4 Å². The highest BCUT2D eigenvalue weighted by molar-refractivity contribution is 6.30. The van der Waals surface area contributed by atoms with Crippen molar-refractivity contribution < 1.29 is 0 Å². The van der Waals surface area contributed by atoms with Gasteiger partial charge in [0, 0.05) is 11.6 Å². The molecule has 0 bridgehead atoms. The largest absolute Gasteiger partial charge is 0.367 e. The zero-order valence-corrected chi connectivity index (χ0v) is 9.72. The minimum atomic E-state index is 0.571. The predicted molar refractivity (Wildman–Crippen MR) is 62.3 cm³/mol. The molecule has 0 aromatic carbocycles. The summed E-state index contributed by atoms with van der Waals surface area (Å²) < 4.78 is 0. The summed E-state index contributed by atoms with van der Waals surface area (Å²) in [5.74, 6) is 0.921. The Hall–Kier alpha value is -0.830. The van der Waals surface area contributed by atoms with Crippen molar-refractivity contribution in [2.45, 2.75) is 45.1 Å². The second-order valence-electron chi connectivity index (χ2n) is 3.97. The third-order valence-electron chi connectivity index (χ3n) is 2.94. The summed E-state index contributed by atoms with van der Waals surface area (Å²) in [6.07, 6.45) is 7.51. The molecule has 1 fully saturated rings. The average molecular weight is 226 g/mol. The van der Waals surface area contributed by atoms with Crippen LogP contribution in [0.5, 0.6) is 0 Å². The van der Waals surface area contributed by atoms with Crippen molar-refractivity contribution in [3.63, 3.8) is 0 Å². The molecule has 1 saturated carbocycles. The van der Waals surface area contributed by atoms with Crippen LogP contribution in [-0.2, 0) is 6.42 Å². The third-order valence-corrected chi connectivity index (χ3v) is 3.27. The minimum absolute atomic E-state index is 0.571. The van der Waals surface area contributed by atoms with Gasteiger partial charge in [0.2, 0.25) is 0 Å². The second-order valence-corrected chi connectivity index (χ2v) is 4.33. The van der Waals surface area contributed by atoms with Crippen LogP contribution in [0.2, 0.25) is 5.15 Å². The molecule has 1 aliphatic carbocycles. The molecule has 0 unspecified atom stereocenters. The van der Waals surface area contributed by atoms with Crippen molar-refractivity contribution >= 4 is 17.4 Å². The van der Waals surface area contributed by atoms with E-state index in [1.807, 2.05) is 0 Å². The van der Waals surface area contributed by atoms with Crippen LogP contribution < -0.4 is 5.32 Å². The van der Waals surface area contributed by atoms with Gasteiger partial charge in [0.15, 0.2) is 0 Å². The maximum Gasteiger partial charge on any atom is 0.137 e. The lowest BCUT2D eigenvalue weighted by Gasteiger charge is -2.15. The number of aromatic nitrogens is 2. The molecular formula is C11H16ClN3. The number of nitrogens with one attached hydrogen (secondary N) is 1. The summed E-state index contributed by atoms with van der Waals surface area (Å²) >= 11 is 6.02. The highest BCUT2D eigenvalue weighted by atomic mass is 35.5. The lowest BCUT2D eigenvalue weighted by molar-refractivity contribution is 0.746. The van der Waals surface area contributed by atoms with Crippen LogP contribution >= 0.6 is 11.6 Å². The normalized spacial score (nSPS) is 16.9. The number of hydrogen-bond acceptors (Lipinski definition) is 3. The van der Waals surface area contributed by atoms with E-state index in [1.54, 1.807) is 0 Å². The second kappa shape index (κ2) is 4.79. The van der Waals surface area contributed by atoms with Gasteiger partial charge in [0.1, 0.15) is 17.3 Å². The smallest absolute Gasteiger partial charge is 0.137 e. The molecule has 3 nitrogen and oxygen atoms in total. The van der Waals surface area contributed by atoms with Crippen LogP contribution in [0.4, 0.5) is 5.82 Å². The molecule has 82 valence electrons. The fourth-order valence-electron chi connectivity index (χ4n) is 2.09. The van der Waals surface area contributed by atoms with E-state index in [-0.39, 0.29) is 0 Å². The van der Waals surface area contributed by atoms with Crippen LogP contribution in [0.25, 0.3) is 0 Å². The maximum atomic E-state index is 6.02. The van der Waals surface area contributed by atoms with Gasteiger partial charge in [-0.2, -0.15) is 0 Å². The Bertz CT molecular complexity index is 335. The van der Waals surface area contributed by atoms with Crippen LogP contribution in [0.1, 0.15) is 38.2 Å². The molecule has 1 heterocycles. The van der Waals surface area contributed by atoms with Gasteiger partial charge in [-0.15, -0.1) is 0 Å². The van der Waals surface area contributed by atoms with Crippen molar-refractivity contribution in [1.29, 1.82) is 0 Å². The average Bonchev–Trinajstić information content (AvgIpc) is 2.71. The molecule has 1 aromatic rings. The standard InChI is InChI=1S/C11H16ClN3/c1-2-9-10(12)13-7-14-11(9)15-8-5-3-4-6-8/h7-8H,2-6H2,1H3,(H,13,14,15). The number of hydrogen-bond donors (Lipinski definition) is 1. The van der Waals surface area contributed by atoms with E-state index < -0.39 is 0 Å². The van der Waals surface area contributed by atoms with E-state index in [2.05, 4.69) is 22.2 Å². The van der Waals surface area contributed by atoms with E-state index in [4.69, 9.17) is 11.6 Å². The van der Waals surface area contributed by atoms with Crippen molar-refractivity contribution in [3.05, 3.63) is 17.0 Å². The maximum absolute atomic E-state index is 6.02. The fraction of sp³-hybridized carbons (Fsp3) is 0.636. The summed E-state index contributed by atoms with van der Waals surface area (Å²) in [6, 6.07) is 0.571. The number of rotatable bonds is 3. The Labute approximate surface area is 95.3 Å². The Morgan fingerprint density at radius 1 is 1.40 bits per heavy atom. The molecule has 2 rings (SSSR count). The Morgan fingerprint density at radius 2 is 2.13 bits per heavy atom. The van der Waals surface area contributed by atoms with E-state index in [0.717, 1.165) is 17.8 Å². The summed E-state index contributed by atoms with van der Waals surface area (Å²) in [5.41, 5.74) is 1.03. The van der Waals surface area contributed by atoms with Gasteiger partial charge in [-0.3, -0.25) is 0 Å². The monoisotopic (exact) mass is 225 g/mol. The molecule has 1 N–H and O–H groups in total. The number of halogens is 1. The molecule has 4 heteroatoms. The zero-order chi connectivity index (χ0) is 10.7. The first-order valence-corrected chi connectivity index (χ1v) is 5.95. The van der Waals surface area contributed by atoms with Crippen molar-refractivity contribution in [2.75, 3.05) is 5.32 Å². The Balaban J connectivity index is 2.15. The first kappa shape index (κ1) is 10.7. The van der Waals surface area contributed by atoms with Gasteiger partial charge >= 0.3 is 0 Å². The van der Waals surface area contributed by atoms with Crippen LogP contribution in [0, 0.1) is 0 Å². The third kappa shape index (κ3) is 2.40. The molecule has 15 heavy (non-hydrogen) atoms. The Morgan fingerprint density at radius 3 is 2.80 bits per heavy atom. The number of nitrogens with zero attached hydrogens (tertiary/aromatic N) is 2.